The van der Waals surface area contributed by atoms with Gasteiger partial charge in [-0.1, -0.05) is 39.9 Å². The van der Waals surface area contributed by atoms with E-state index < -0.39 is 0 Å². The van der Waals surface area contributed by atoms with E-state index in [2.05, 4.69) is 27.7 Å². The average Bonchev–Trinajstić information content (AvgIpc) is 1.82. The fraction of sp³-hybridized carbons (Fsp3) is 0.889. The Morgan fingerprint density at radius 1 is 1.27 bits per heavy atom. The molecular weight excluding hydrogens is 172 g/mol. The van der Waals surface area contributed by atoms with Gasteiger partial charge in [0.1, 0.15) is 0 Å². The highest BCUT2D eigenvalue weighted by Crippen LogP contribution is 2.17. The lowest BCUT2D eigenvalue weighted by Crippen LogP contribution is -1.97. The quantitative estimate of drug-likeness (QED) is 0.617. The molecule has 0 spiro atoms. The number of thiocarbonyl (C=S) groups is 1. The summed E-state index contributed by atoms with van der Waals surface area (Å²) in [4.78, 5) is 0. The van der Waals surface area contributed by atoms with Gasteiger partial charge in [-0.2, -0.15) is 0 Å². The minimum atomic E-state index is 0.648. The van der Waals surface area contributed by atoms with E-state index in [1.54, 1.807) is 0 Å². The molecule has 0 saturated heterocycles. The van der Waals surface area contributed by atoms with Crippen molar-refractivity contribution in [1.29, 1.82) is 0 Å². The maximum atomic E-state index is 5.21. The molecule has 0 aliphatic rings. The van der Waals surface area contributed by atoms with Crippen molar-refractivity contribution in [3.8, 4) is 0 Å². The van der Waals surface area contributed by atoms with Gasteiger partial charge in [-0.05, 0) is 18.8 Å². The van der Waals surface area contributed by atoms with Crippen molar-refractivity contribution in [2.75, 3.05) is 0 Å². The first kappa shape index (κ1) is 11.4. The van der Waals surface area contributed by atoms with Gasteiger partial charge < -0.3 is 0 Å². The van der Waals surface area contributed by atoms with Crippen molar-refractivity contribution in [1.82, 2.24) is 0 Å². The maximum absolute atomic E-state index is 5.21. The highest BCUT2D eigenvalue weighted by molar-refractivity contribution is 8.23. The second-order valence-corrected chi connectivity index (χ2v) is 5.89. The van der Waals surface area contributed by atoms with E-state index in [1.165, 1.54) is 10.6 Å². The van der Waals surface area contributed by atoms with Crippen LogP contribution in [0, 0.1) is 5.92 Å². The summed E-state index contributed by atoms with van der Waals surface area (Å²) in [6.45, 7) is 8.85. The number of rotatable bonds is 4. The smallest absolute Gasteiger partial charge is 0.0481 e. The molecule has 0 aromatic heterocycles. The van der Waals surface area contributed by atoms with Gasteiger partial charge in [0.05, 0.1) is 0 Å². The topological polar surface area (TPSA) is 0 Å². The molecule has 0 saturated carbocycles. The summed E-state index contributed by atoms with van der Waals surface area (Å²) < 4.78 is 1.17. The molecule has 2 heteroatoms. The number of hydrogen-bond donors (Lipinski definition) is 0. The van der Waals surface area contributed by atoms with Crippen LogP contribution in [-0.2, 0) is 0 Å². The molecule has 0 fully saturated rings. The van der Waals surface area contributed by atoms with Crippen LogP contribution in [0.4, 0.5) is 0 Å². The molecule has 0 bridgehead atoms. The summed E-state index contributed by atoms with van der Waals surface area (Å²) in [5.74, 6) is 0.778. The van der Waals surface area contributed by atoms with Crippen LogP contribution < -0.4 is 0 Å². The summed E-state index contributed by atoms with van der Waals surface area (Å²) in [6, 6.07) is 0. The molecule has 0 radical (unpaired) electrons. The summed E-state index contributed by atoms with van der Waals surface area (Å²) in [5, 5.41) is 0.648. The second-order valence-electron chi connectivity index (χ2n) is 3.47. The molecule has 0 aromatic carbocycles. The molecule has 0 aromatic rings. The third-order valence-corrected chi connectivity index (χ3v) is 2.72. The van der Waals surface area contributed by atoms with Crippen LogP contribution in [-0.4, -0.2) is 9.45 Å². The van der Waals surface area contributed by atoms with Crippen LogP contribution in [0.2, 0.25) is 0 Å². The van der Waals surface area contributed by atoms with E-state index in [0.29, 0.717) is 5.25 Å². The monoisotopic (exact) mass is 190 g/mol. The Morgan fingerprint density at radius 2 is 1.82 bits per heavy atom. The molecule has 0 unspecified atom stereocenters. The molecule has 0 amide bonds. The standard InChI is InChI=1S/C9H18S2/c1-7(2)5-6-9(10)11-8(3)4/h7-8H,5-6H2,1-4H3. The molecular formula is C9H18S2. The van der Waals surface area contributed by atoms with Gasteiger partial charge in [0, 0.05) is 9.45 Å². The summed E-state index contributed by atoms with van der Waals surface area (Å²) in [5.41, 5.74) is 0. The van der Waals surface area contributed by atoms with Crippen LogP contribution in [0.3, 0.4) is 0 Å². The first-order valence-corrected chi connectivity index (χ1v) is 5.50. The largest absolute Gasteiger partial charge is 0.116 e. The van der Waals surface area contributed by atoms with Crippen LogP contribution in [0.25, 0.3) is 0 Å². The van der Waals surface area contributed by atoms with E-state index in [-0.39, 0.29) is 0 Å². The first-order valence-electron chi connectivity index (χ1n) is 4.22. The molecule has 0 aliphatic heterocycles. The van der Waals surface area contributed by atoms with Gasteiger partial charge >= 0.3 is 0 Å². The highest BCUT2D eigenvalue weighted by Gasteiger charge is 2.02. The molecule has 0 N–H and O–H groups in total. The first-order chi connectivity index (χ1) is 5.02. The highest BCUT2D eigenvalue weighted by atomic mass is 32.2. The van der Waals surface area contributed by atoms with E-state index in [1.807, 2.05) is 11.8 Å². The van der Waals surface area contributed by atoms with E-state index in [9.17, 15) is 0 Å². The van der Waals surface area contributed by atoms with Gasteiger partial charge in [0.25, 0.3) is 0 Å². The molecule has 11 heavy (non-hydrogen) atoms. The van der Waals surface area contributed by atoms with Crippen LogP contribution in [0.5, 0.6) is 0 Å². The van der Waals surface area contributed by atoms with E-state index >= 15 is 0 Å². The molecule has 0 rings (SSSR count). The zero-order valence-electron chi connectivity index (χ0n) is 7.89. The Kier molecular flexibility index (Phi) is 6.25. The van der Waals surface area contributed by atoms with E-state index in [4.69, 9.17) is 12.2 Å². The van der Waals surface area contributed by atoms with Crippen molar-refractivity contribution in [2.24, 2.45) is 5.92 Å². The summed E-state index contributed by atoms with van der Waals surface area (Å²) in [7, 11) is 0. The normalized spacial score (nSPS) is 11.1. The minimum Gasteiger partial charge on any atom is -0.116 e. The zero-order valence-corrected chi connectivity index (χ0v) is 9.52. The van der Waals surface area contributed by atoms with Crippen molar-refractivity contribution in [2.45, 2.75) is 45.8 Å². The predicted molar refractivity (Wildman–Crippen MR) is 59.4 cm³/mol. The Bertz CT molecular complexity index is 117. The van der Waals surface area contributed by atoms with Gasteiger partial charge in [-0.3, -0.25) is 0 Å². The fourth-order valence-corrected chi connectivity index (χ4v) is 2.19. The van der Waals surface area contributed by atoms with Crippen molar-refractivity contribution >= 4 is 28.2 Å². The van der Waals surface area contributed by atoms with Gasteiger partial charge in [-0.15, -0.1) is 11.8 Å². The molecule has 0 atom stereocenters. The molecule has 0 aliphatic carbocycles. The van der Waals surface area contributed by atoms with Gasteiger partial charge in [-0.25, -0.2) is 0 Å². The fourth-order valence-electron chi connectivity index (χ4n) is 0.728. The summed E-state index contributed by atoms with van der Waals surface area (Å²) >= 11 is 7.04. The molecule has 66 valence electrons. The van der Waals surface area contributed by atoms with Gasteiger partial charge in [0.2, 0.25) is 0 Å². The Balaban J connectivity index is 3.38. The minimum absolute atomic E-state index is 0.648. The van der Waals surface area contributed by atoms with Crippen LogP contribution in [0.1, 0.15) is 40.5 Å². The predicted octanol–water partition coefficient (Wildman–Crippen LogP) is 3.89. The number of thioether (sulfide) groups is 1. The van der Waals surface area contributed by atoms with Crippen molar-refractivity contribution < 1.29 is 0 Å². The average molecular weight is 190 g/mol. The van der Waals surface area contributed by atoms with Gasteiger partial charge in [0.15, 0.2) is 0 Å². The summed E-state index contributed by atoms with van der Waals surface area (Å²) in [6.07, 6.45) is 2.34. The maximum Gasteiger partial charge on any atom is 0.0481 e. The Morgan fingerprint density at radius 3 is 2.18 bits per heavy atom. The second kappa shape index (κ2) is 6.01. The number of hydrogen-bond acceptors (Lipinski definition) is 2. The van der Waals surface area contributed by atoms with Crippen molar-refractivity contribution in [3.63, 3.8) is 0 Å². The lowest BCUT2D eigenvalue weighted by atomic mass is 10.1. The molecule has 0 nitrogen and oxygen atoms in total. The lowest BCUT2D eigenvalue weighted by Gasteiger charge is -2.07. The Labute approximate surface area is 80.1 Å². The zero-order chi connectivity index (χ0) is 8.85. The van der Waals surface area contributed by atoms with E-state index in [0.717, 1.165) is 12.3 Å². The molecule has 0 heterocycles. The van der Waals surface area contributed by atoms with Crippen molar-refractivity contribution in [3.05, 3.63) is 0 Å². The SMILES string of the molecule is CC(C)CCC(=S)SC(C)C. The van der Waals surface area contributed by atoms with Crippen LogP contribution in [0.15, 0.2) is 0 Å². The lowest BCUT2D eigenvalue weighted by molar-refractivity contribution is 0.607. The van der Waals surface area contributed by atoms with Crippen LogP contribution >= 0.6 is 24.0 Å². The third-order valence-electron chi connectivity index (χ3n) is 1.29. The third kappa shape index (κ3) is 8.35. The Hall–Kier alpha value is 0.440.